The number of benzene rings is 3. The highest BCUT2D eigenvalue weighted by Gasteiger charge is 2.25. The van der Waals surface area contributed by atoms with Crippen LogP contribution in [0.3, 0.4) is 0 Å². The minimum atomic E-state index is -0.420. The third kappa shape index (κ3) is 4.58. The highest BCUT2D eigenvalue weighted by Crippen LogP contribution is 2.30. The van der Waals surface area contributed by atoms with Crippen LogP contribution in [0.2, 0.25) is 0 Å². The van der Waals surface area contributed by atoms with Crippen molar-refractivity contribution in [1.29, 1.82) is 0 Å². The van der Waals surface area contributed by atoms with Gasteiger partial charge in [-0.25, -0.2) is 9.18 Å². The predicted molar refractivity (Wildman–Crippen MR) is 120 cm³/mol. The largest absolute Gasteiger partial charge is 0.334 e. The third-order valence-corrected chi connectivity index (χ3v) is 5.47. The molecule has 6 heteroatoms. The topological polar surface area (TPSA) is 61.4 Å². The summed E-state index contributed by atoms with van der Waals surface area (Å²) in [5.41, 5.74) is 5.56. The third-order valence-electron chi connectivity index (χ3n) is 5.47. The van der Waals surface area contributed by atoms with Crippen LogP contribution in [0.4, 0.5) is 20.6 Å². The smallest absolute Gasteiger partial charge is 0.319 e. The Bertz CT molecular complexity index is 1140. The van der Waals surface area contributed by atoms with Gasteiger partial charge < -0.3 is 15.5 Å². The summed E-state index contributed by atoms with van der Waals surface area (Å²) in [6.45, 7) is 4.59. The molecular weight excluding hydrogens is 393 g/mol. The summed E-state index contributed by atoms with van der Waals surface area (Å²) in [4.78, 5) is 27.0. The van der Waals surface area contributed by atoms with Crippen molar-refractivity contribution in [2.45, 2.75) is 26.8 Å². The molecule has 0 atom stereocenters. The van der Waals surface area contributed by atoms with E-state index in [0.29, 0.717) is 29.9 Å². The molecule has 3 aromatic rings. The number of hydrogen-bond donors (Lipinski definition) is 2. The summed E-state index contributed by atoms with van der Waals surface area (Å²) in [6, 6.07) is 17.6. The molecule has 1 heterocycles. The number of nitrogens with zero attached hydrogens (tertiary/aromatic N) is 1. The van der Waals surface area contributed by atoms with Crippen molar-refractivity contribution in [1.82, 2.24) is 5.32 Å². The average Bonchev–Trinajstić information content (AvgIpc) is 3.18. The lowest BCUT2D eigenvalue weighted by Gasteiger charge is -2.18. The van der Waals surface area contributed by atoms with E-state index in [1.165, 1.54) is 6.07 Å². The Morgan fingerprint density at radius 1 is 1.00 bits per heavy atom. The molecule has 0 aromatic heterocycles. The van der Waals surface area contributed by atoms with Gasteiger partial charge in [-0.2, -0.15) is 0 Å². The van der Waals surface area contributed by atoms with Gasteiger partial charge in [0, 0.05) is 30.0 Å². The van der Waals surface area contributed by atoms with Crippen LogP contribution < -0.4 is 15.5 Å². The molecule has 0 saturated carbocycles. The summed E-state index contributed by atoms with van der Waals surface area (Å²) in [5, 5.41) is 5.41. The molecule has 5 nitrogen and oxygen atoms in total. The number of halogens is 1. The van der Waals surface area contributed by atoms with Gasteiger partial charge in [0.25, 0.3) is 5.91 Å². The second kappa shape index (κ2) is 8.60. The lowest BCUT2D eigenvalue weighted by atomic mass is 10.1. The van der Waals surface area contributed by atoms with Gasteiger partial charge in [-0.1, -0.05) is 35.9 Å². The first-order chi connectivity index (χ1) is 14.9. The Morgan fingerprint density at radius 3 is 2.52 bits per heavy atom. The number of carbonyl (C=O) groups excluding carboxylic acids is 2. The summed E-state index contributed by atoms with van der Waals surface area (Å²) in [6.07, 6.45) is 0.806. The zero-order valence-corrected chi connectivity index (χ0v) is 17.5. The molecule has 4 rings (SSSR count). The van der Waals surface area contributed by atoms with Gasteiger partial charge in [0.05, 0.1) is 0 Å². The van der Waals surface area contributed by atoms with E-state index in [4.69, 9.17) is 0 Å². The monoisotopic (exact) mass is 417 g/mol. The second-order valence-electron chi connectivity index (χ2n) is 7.81. The normalized spacial score (nSPS) is 12.4. The molecule has 0 radical (unpaired) electrons. The first-order valence-corrected chi connectivity index (χ1v) is 10.2. The number of fused-ring (bicyclic) bond motifs is 1. The van der Waals surface area contributed by atoms with Crippen molar-refractivity contribution in [3.05, 3.63) is 94.3 Å². The minimum absolute atomic E-state index is 0.0250. The lowest BCUT2D eigenvalue weighted by Crippen LogP contribution is -2.29. The molecule has 2 N–H and O–H groups in total. The summed E-state index contributed by atoms with van der Waals surface area (Å²) >= 11 is 0. The van der Waals surface area contributed by atoms with E-state index in [0.717, 1.165) is 28.8 Å². The number of aryl methyl sites for hydroxylation is 2. The second-order valence-corrected chi connectivity index (χ2v) is 7.81. The zero-order valence-electron chi connectivity index (χ0n) is 17.5. The van der Waals surface area contributed by atoms with Crippen molar-refractivity contribution >= 4 is 23.3 Å². The first-order valence-electron chi connectivity index (χ1n) is 10.2. The van der Waals surface area contributed by atoms with Gasteiger partial charge in [-0.3, -0.25) is 4.79 Å². The minimum Gasteiger partial charge on any atom is -0.334 e. The van der Waals surface area contributed by atoms with Crippen molar-refractivity contribution in [3.8, 4) is 0 Å². The first kappa shape index (κ1) is 20.6. The van der Waals surface area contributed by atoms with Crippen LogP contribution >= 0.6 is 0 Å². The van der Waals surface area contributed by atoms with Crippen LogP contribution in [-0.4, -0.2) is 18.5 Å². The molecule has 3 aromatic carbocycles. The number of nitrogens with one attached hydrogen (secondary N) is 2. The van der Waals surface area contributed by atoms with Crippen molar-refractivity contribution in [3.63, 3.8) is 0 Å². The molecule has 0 fully saturated rings. The van der Waals surface area contributed by atoms with Crippen LogP contribution in [0, 0.1) is 19.7 Å². The molecule has 0 spiro atoms. The number of hydrogen-bond acceptors (Lipinski definition) is 2. The van der Waals surface area contributed by atoms with Gasteiger partial charge in [0.15, 0.2) is 0 Å². The standard InChI is InChI=1S/C25H24FN3O2/c1-16-3-7-20(8-4-16)24(30)29-12-11-19-9-6-18(13-23(19)29)15-27-25(31)28-21-10-5-17(2)22(26)14-21/h3-10,13-14H,11-12,15H2,1-2H3,(H2,27,28,31). The van der Waals surface area contributed by atoms with Gasteiger partial charge in [0.2, 0.25) is 0 Å². The number of amides is 3. The number of urea groups is 1. The van der Waals surface area contributed by atoms with Crippen LogP contribution in [0.5, 0.6) is 0 Å². The van der Waals surface area contributed by atoms with Crippen LogP contribution in [0.1, 0.15) is 32.6 Å². The summed E-state index contributed by atoms with van der Waals surface area (Å²) in [7, 11) is 0. The maximum absolute atomic E-state index is 13.6. The van der Waals surface area contributed by atoms with E-state index in [1.807, 2.05) is 49.4 Å². The van der Waals surface area contributed by atoms with E-state index >= 15 is 0 Å². The maximum atomic E-state index is 13.6. The number of carbonyl (C=O) groups is 2. The Balaban J connectivity index is 1.42. The fraction of sp³-hybridized carbons (Fsp3) is 0.200. The summed E-state index contributed by atoms with van der Waals surface area (Å²) < 4.78 is 13.6. The van der Waals surface area contributed by atoms with Gasteiger partial charge in [-0.15, -0.1) is 0 Å². The van der Waals surface area contributed by atoms with E-state index in [1.54, 1.807) is 24.0 Å². The van der Waals surface area contributed by atoms with Crippen LogP contribution in [-0.2, 0) is 13.0 Å². The van der Waals surface area contributed by atoms with E-state index in [9.17, 15) is 14.0 Å². The Kier molecular flexibility index (Phi) is 5.71. The van der Waals surface area contributed by atoms with Crippen LogP contribution in [0.15, 0.2) is 60.7 Å². The summed E-state index contributed by atoms with van der Waals surface area (Å²) in [5.74, 6) is -0.391. The maximum Gasteiger partial charge on any atom is 0.319 e. The molecule has 3 amide bonds. The molecule has 1 aliphatic rings. The SMILES string of the molecule is Cc1ccc(C(=O)N2CCc3ccc(CNC(=O)Nc4ccc(C)c(F)c4)cc32)cc1. The van der Waals surface area contributed by atoms with Crippen molar-refractivity contribution in [2.75, 3.05) is 16.8 Å². The van der Waals surface area contributed by atoms with E-state index in [-0.39, 0.29) is 11.7 Å². The number of anilines is 2. The molecular formula is C25H24FN3O2. The Hall–Kier alpha value is -3.67. The molecule has 0 bridgehead atoms. The van der Waals surface area contributed by atoms with Gasteiger partial charge in [-0.05, 0) is 67.3 Å². The quantitative estimate of drug-likeness (QED) is 0.630. The highest BCUT2D eigenvalue weighted by molar-refractivity contribution is 6.07. The van der Waals surface area contributed by atoms with E-state index in [2.05, 4.69) is 10.6 Å². The average molecular weight is 417 g/mol. The molecule has 0 unspecified atom stereocenters. The van der Waals surface area contributed by atoms with Crippen molar-refractivity contribution < 1.29 is 14.0 Å². The Labute approximate surface area is 180 Å². The Morgan fingerprint density at radius 2 is 1.77 bits per heavy atom. The predicted octanol–water partition coefficient (Wildman–Crippen LogP) is 4.97. The molecule has 158 valence electrons. The van der Waals surface area contributed by atoms with Crippen LogP contribution in [0.25, 0.3) is 0 Å². The molecule has 0 aliphatic carbocycles. The molecule has 1 aliphatic heterocycles. The van der Waals surface area contributed by atoms with Gasteiger partial charge in [0.1, 0.15) is 5.82 Å². The lowest BCUT2D eigenvalue weighted by molar-refractivity contribution is 0.0989. The fourth-order valence-electron chi connectivity index (χ4n) is 3.63. The number of rotatable bonds is 4. The van der Waals surface area contributed by atoms with Gasteiger partial charge >= 0.3 is 6.03 Å². The van der Waals surface area contributed by atoms with Crippen molar-refractivity contribution in [2.24, 2.45) is 0 Å². The molecule has 0 saturated heterocycles. The zero-order chi connectivity index (χ0) is 22.0. The van der Waals surface area contributed by atoms with E-state index < -0.39 is 6.03 Å². The fourth-order valence-corrected chi connectivity index (χ4v) is 3.63. The molecule has 31 heavy (non-hydrogen) atoms. The highest BCUT2D eigenvalue weighted by atomic mass is 19.1.